The molecule has 6 heteroatoms. The number of hydrogen-bond acceptors (Lipinski definition) is 6. The molecule has 0 aromatic rings. The standard InChI is InChI=1S/C72H128O6/c1-4-7-10-13-16-19-22-25-27-29-31-32-33-34-35-36-37-38-39-40-41-43-44-47-50-53-56-59-62-65-71(74)77-68-69(67-76-70(73)64-61-58-55-52-49-46-24-21-18-15-12-9-6-3)78-72(75)66-63-60-57-54-51-48-45-42-30-28-26-23-20-17-14-11-8-5-2/h9,12,18,20-21,23,28,30,46,49,55,58,69H,4-8,10-11,13-17,19,22,24-27,29,31-45,47-48,50-54,56-57,59-68H2,1-3H3/b12-9-,21-18-,23-20-,30-28-,49-46-,58-55-. The first kappa shape index (κ1) is 74.8. The summed E-state index contributed by atoms with van der Waals surface area (Å²) in [6, 6.07) is 0. The van der Waals surface area contributed by atoms with Gasteiger partial charge in [-0.05, 0) is 77.0 Å². The molecule has 0 N–H and O–H groups in total. The van der Waals surface area contributed by atoms with E-state index < -0.39 is 6.10 Å². The second kappa shape index (κ2) is 66.4. The fourth-order valence-corrected chi connectivity index (χ4v) is 9.90. The van der Waals surface area contributed by atoms with Crippen LogP contribution in [0.15, 0.2) is 72.9 Å². The Morgan fingerprint density at radius 2 is 0.526 bits per heavy atom. The number of unbranched alkanes of at least 4 members (excludes halogenated alkanes) is 39. The van der Waals surface area contributed by atoms with E-state index in [1.807, 2.05) is 6.08 Å². The van der Waals surface area contributed by atoms with Gasteiger partial charge in [0.2, 0.25) is 0 Å². The number of hydrogen-bond donors (Lipinski definition) is 0. The molecule has 0 heterocycles. The highest BCUT2D eigenvalue weighted by atomic mass is 16.6. The molecule has 0 aromatic heterocycles. The van der Waals surface area contributed by atoms with Crippen molar-refractivity contribution in [1.29, 1.82) is 0 Å². The van der Waals surface area contributed by atoms with Crippen molar-refractivity contribution in [2.75, 3.05) is 13.2 Å². The van der Waals surface area contributed by atoms with Gasteiger partial charge in [0.15, 0.2) is 6.10 Å². The summed E-state index contributed by atoms with van der Waals surface area (Å²) >= 11 is 0. The average Bonchev–Trinajstić information content (AvgIpc) is 3.44. The van der Waals surface area contributed by atoms with Gasteiger partial charge in [0.1, 0.15) is 13.2 Å². The zero-order chi connectivity index (χ0) is 56.4. The predicted octanol–water partition coefficient (Wildman–Crippen LogP) is 23.3. The molecule has 0 saturated heterocycles. The highest BCUT2D eigenvalue weighted by molar-refractivity contribution is 5.71. The topological polar surface area (TPSA) is 78.9 Å². The fourth-order valence-electron chi connectivity index (χ4n) is 9.90. The van der Waals surface area contributed by atoms with Crippen LogP contribution in [0.2, 0.25) is 0 Å². The number of rotatable bonds is 62. The Morgan fingerprint density at radius 3 is 0.872 bits per heavy atom. The predicted molar refractivity (Wildman–Crippen MR) is 339 cm³/mol. The van der Waals surface area contributed by atoms with Crippen LogP contribution in [0.1, 0.15) is 348 Å². The van der Waals surface area contributed by atoms with E-state index in [0.29, 0.717) is 19.3 Å². The first-order valence-corrected chi connectivity index (χ1v) is 33.9. The van der Waals surface area contributed by atoms with Crippen molar-refractivity contribution in [3.63, 3.8) is 0 Å². The van der Waals surface area contributed by atoms with Gasteiger partial charge in [-0.1, -0.05) is 325 Å². The first-order chi connectivity index (χ1) is 38.5. The van der Waals surface area contributed by atoms with Gasteiger partial charge in [-0.2, -0.15) is 0 Å². The summed E-state index contributed by atoms with van der Waals surface area (Å²) in [7, 11) is 0. The molecule has 1 atom stereocenters. The van der Waals surface area contributed by atoms with Crippen molar-refractivity contribution in [1.82, 2.24) is 0 Å². The van der Waals surface area contributed by atoms with E-state index in [4.69, 9.17) is 14.2 Å². The van der Waals surface area contributed by atoms with E-state index in [2.05, 4.69) is 87.6 Å². The minimum Gasteiger partial charge on any atom is -0.462 e. The summed E-state index contributed by atoms with van der Waals surface area (Å²) in [4.78, 5) is 38.3. The van der Waals surface area contributed by atoms with E-state index in [9.17, 15) is 14.4 Å². The van der Waals surface area contributed by atoms with Gasteiger partial charge in [0.05, 0.1) is 0 Å². The minimum atomic E-state index is -0.808. The maximum absolute atomic E-state index is 12.9. The lowest BCUT2D eigenvalue weighted by molar-refractivity contribution is -0.166. The molecule has 0 aliphatic carbocycles. The van der Waals surface area contributed by atoms with E-state index in [1.54, 1.807) is 0 Å². The van der Waals surface area contributed by atoms with Crippen molar-refractivity contribution in [3.8, 4) is 0 Å². The summed E-state index contributed by atoms with van der Waals surface area (Å²) in [5.41, 5.74) is 0. The van der Waals surface area contributed by atoms with Crippen LogP contribution in [0, 0.1) is 0 Å². The SMILES string of the molecule is CC/C=C\C/C=C\C/C=C\C/C=C\CCC(=O)OCC(COC(=O)CCCCCCCCCCCCCCCCCCCCCCCCCCCCCCC)OC(=O)CCCCCCCCC/C=C\C/C=C\CCCCCC. The molecule has 0 bridgehead atoms. The Balaban J connectivity index is 4.23. The number of carbonyl (C=O) groups is 3. The first-order valence-electron chi connectivity index (χ1n) is 33.9. The van der Waals surface area contributed by atoms with E-state index in [0.717, 1.165) is 77.0 Å². The van der Waals surface area contributed by atoms with Crippen molar-refractivity contribution in [2.45, 2.75) is 354 Å². The molecule has 0 aliphatic rings. The maximum atomic E-state index is 12.9. The summed E-state index contributed by atoms with van der Waals surface area (Å²) in [6.07, 6.45) is 86.7. The molecule has 0 radical (unpaired) electrons. The summed E-state index contributed by atoms with van der Waals surface area (Å²) < 4.78 is 16.9. The molecular weight excluding hydrogens is 961 g/mol. The Bertz CT molecular complexity index is 1440. The number of esters is 3. The number of ether oxygens (including phenoxy) is 3. The highest BCUT2D eigenvalue weighted by Crippen LogP contribution is 2.18. The molecule has 0 aliphatic heterocycles. The van der Waals surface area contributed by atoms with Gasteiger partial charge >= 0.3 is 17.9 Å². The molecule has 0 rings (SSSR count). The van der Waals surface area contributed by atoms with Crippen LogP contribution in [0.5, 0.6) is 0 Å². The maximum Gasteiger partial charge on any atom is 0.306 e. The second-order valence-electron chi connectivity index (χ2n) is 22.7. The second-order valence-corrected chi connectivity index (χ2v) is 22.7. The largest absolute Gasteiger partial charge is 0.462 e. The van der Waals surface area contributed by atoms with Gasteiger partial charge in [-0.3, -0.25) is 14.4 Å². The zero-order valence-electron chi connectivity index (χ0n) is 51.9. The zero-order valence-corrected chi connectivity index (χ0v) is 51.9. The molecule has 78 heavy (non-hydrogen) atoms. The Morgan fingerprint density at radius 1 is 0.269 bits per heavy atom. The van der Waals surface area contributed by atoms with E-state index in [-0.39, 0.29) is 37.5 Å². The Labute approximate surface area is 484 Å². The summed E-state index contributed by atoms with van der Waals surface area (Å²) in [5, 5.41) is 0. The van der Waals surface area contributed by atoms with Crippen LogP contribution >= 0.6 is 0 Å². The van der Waals surface area contributed by atoms with Crippen LogP contribution in [0.25, 0.3) is 0 Å². The number of allylic oxidation sites excluding steroid dienone is 12. The molecule has 0 aromatic carbocycles. The molecule has 0 amide bonds. The third kappa shape index (κ3) is 63.7. The van der Waals surface area contributed by atoms with Gasteiger partial charge in [-0.15, -0.1) is 0 Å². The lowest BCUT2D eigenvalue weighted by Crippen LogP contribution is -2.30. The minimum absolute atomic E-state index is 0.0979. The van der Waals surface area contributed by atoms with Crippen LogP contribution in [0.3, 0.4) is 0 Å². The van der Waals surface area contributed by atoms with Crippen LogP contribution in [-0.4, -0.2) is 37.2 Å². The lowest BCUT2D eigenvalue weighted by atomic mass is 10.0. The molecule has 6 nitrogen and oxygen atoms in total. The fraction of sp³-hybridized carbons (Fsp3) is 0.792. The van der Waals surface area contributed by atoms with Gasteiger partial charge < -0.3 is 14.2 Å². The molecule has 0 spiro atoms. The molecule has 452 valence electrons. The van der Waals surface area contributed by atoms with Crippen molar-refractivity contribution >= 4 is 17.9 Å². The Hall–Kier alpha value is -3.15. The quantitative estimate of drug-likeness (QED) is 0.0261. The van der Waals surface area contributed by atoms with Crippen LogP contribution in [-0.2, 0) is 28.6 Å². The normalized spacial score (nSPS) is 12.5. The van der Waals surface area contributed by atoms with E-state index >= 15 is 0 Å². The third-order valence-corrected chi connectivity index (χ3v) is 15.0. The van der Waals surface area contributed by atoms with E-state index in [1.165, 1.54) is 225 Å². The molecule has 0 fully saturated rings. The van der Waals surface area contributed by atoms with Crippen LogP contribution in [0.4, 0.5) is 0 Å². The smallest absolute Gasteiger partial charge is 0.306 e. The van der Waals surface area contributed by atoms with Gasteiger partial charge in [0.25, 0.3) is 0 Å². The van der Waals surface area contributed by atoms with Crippen molar-refractivity contribution < 1.29 is 28.6 Å². The third-order valence-electron chi connectivity index (χ3n) is 15.0. The summed E-state index contributed by atoms with van der Waals surface area (Å²) in [6.45, 7) is 6.48. The molecule has 1 unspecified atom stereocenters. The Kier molecular flexibility index (Phi) is 63.7. The van der Waals surface area contributed by atoms with Gasteiger partial charge in [0, 0.05) is 19.3 Å². The van der Waals surface area contributed by atoms with Crippen molar-refractivity contribution in [3.05, 3.63) is 72.9 Å². The lowest BCUT2D eigenvalue weighted by Gasteiger charge is -2.18. The highest BCUT2D eigenvalue weighted by Gasteiger charge is 2.19. The van der Waals surface area contributed by atoms with Gasteiger partial charge in [-0.25, -0.2) is 0 Å². The summed E-state index contributed by atoms with van der Waals surface area (Å²) in [5.74, 6) is -0.975. The molecular formula is C72H128O6. The van der Waals surface area contributed by atoms with Crippen LogP contribution < -0.4 is 0 Å². The van der Waals surface area contributed by atoms with Crippen molar-refractivity contribution in [2.24, 2.45) is 0 Å². The number of carbonyl (C=O) groups excluding carboxylic acids is 3. The molecule has 0 saturated carbocycles. The average molecular weight is 1090 g/mol. The monoisotopic (exact) mass is 1090 g/mol.